The zero-order chi connectivity index (χ0) is 43.6. The molecule has 1 amide bonds. The molecule has 2 N–H and O–H groups in total. The Bertz CT molecular complexity index is 2210. The molecule has 1 heterocycles. The van der Waals surface area contributed by atoms with Gasteiger partial charge >= 0.3 is 6.09 Å². The van der Waals surface area contributed by atoms with E-state index in [4.69, 9.17) is 28.9 Å². The van der Waals surface area contributed by atoms with Crippen LogP contribution in [0.15, 0.2) is 120 Å². The molecule has 1 aliphatic heterocycles. The van der Waals surface area contributed by atoms with E-state index in [2.05, 4.69) is 32.6 Å². The number of amides is 1. The topological polar surface area (TPSA) is 119 Å². The van der Waals surface area contributed by atoms with E-state index in [-0.39, 0.29) is 63.0 Å². The first-order valence-electron chi connectivity index (χ1n) is 21.8. The number of benzene rings is 4. The van der Waals surface area contributed by atoms with Gasteiger partial charge in [0.2, 0.25) is 5.79 Å². The first-order chi connectivity index (χ1) is 30.2. The van der Waals surface area contributed by atoms with Crippen LogP contribution in [-0.4, -0.2) is 65.7 Å². The van der Waals surface area contributed by atoms with Gasteiger partial charge in [-0.15, -0.1) is 6.58 Å². The Hall–Kier alpha value is -5.49. The smallest absolute Gasteiger partial charge is 0.410 e. The molecule has 62 heavy (non-hydrogen) atoms. The zero-order valence-corrected chi connectivity index (χ0v) is 36.0. The summed E-state index contributed by atoms with van der Waals surface area (Å²) in [6.07, 6.45) is 8.04. The van der Waals surface area contributed by atoms with Gasteiger partial charge < -0.3 is 34.0 Å². The van der Waals surface area contributed by atoms with Gasteiger partial charge in [0.15, 0.2) is 0 Å². The van der Waals surface area contributed by atoms with Gasteiger partial charge in [-0.05, 0) is 122 Å². The SMILES string of the molecule is C=CCO[C@@]12Oc3ccc(Oc4ccc(C)c(C)c4)cc3[C@H]3[C@H](CCCCO)[C@@H](CCCCO)C=C(C(=NOCc4ccccc4)C[C@@H]1N(Cc1ccc(F)cc1)C(=O)OC)[C@H]32. The van der Waals surface area contributed by atoms with Gasteiger partial charge in [0.25, 0.3) is 0 Å². The molecule has 0 unspecified atom stereocenters. The highest BCUT2D eigenvalue weighted by Gasteiger charge is 2.65. The minimum absolute atomic E-state index is 0.0223. The molecule has 3 aliphatic rings. The van der Waals surface area contributed by atoms with Crippen LogP contribution in [0, 0.1) is 37.4 Å². The Balaban J connectivity index is 1.45. The number of unbranched alkanes of at least 4 members (excludes halogenated alkanes) is 2. The van der Waals surface area contributed by atoms with Crippen molar-refractivity contribution in [2.24, 2.45) is 22.9 Å². The molecule has 2 aliphatic carbocycles. The van der Waals surface area contributed by atoms with Gasteiger partial charge in [0.05, 0.1) is 25.3 Å². The lowest BCUT2D eigenvalue weighted by Crippen LogP contribution is -2.70. The van der Waals surface area contributed by atoms with Crippen LogP contribution in [0.2, 0.25) is 0 Å². The zero-order valence-electron chi connectivity index (χ0n) is 36.0. The molecule has 0 aromatic heterocycles. The van der Waals surface area contributed by atoms with E-state index in [1.807, 2.05) is 60.7 Å². The van der Waals surface area contributed by atoms with Crippen LogP contribution in [0.25, 0.3) is 0 Å². The second kappa shape index (κ2) is 20.6. The number of halogens is 1. The Kier molecular flexibility index (Phi) is 14.8. The third-order valence-corrected chi connectivity index (χ3v) is 12.7. The van der Waals surface area contributed by atoms with E-state index in [9.17, 15) is 19.4 Å². The largest absolute Gasteiger partial charge is 0.459 e. The second-order valence-electron chi connectivity index (χ2n) is 16.6. The number of ether oxygens (including phenoxy) is 4. The van der Waals surface area contributed by atoms with Crippen molar-refractivity contribution in [2.75, 3.05) is 26.9 Å². The number of carbonyl (C=O) groups is 1. The number of rotatable bonds is 19. The van der Waals surface area contributed by atoms with Crippen molar-refractivity contribution in [1.29, 1.82) is 0 Å². The molecular formula is C51H59FN2O8. The highest BCUT2D eigenvalue weighted by molar-refractivity contribution is 6.03. The van der Waals surface area contributed by atoms with E-state index in [0.29, 0.717) is 35.6 Å². The standard InChI is InChI=1S/C51H59FN2O8/c1-5-27-59-51-47(54(50(57)58-4)32-36-18-20-39(52)21-19-36)31-45(53-60-33-37-13-7-6-8-14-37)43-29-38(15-9-11-25-55)42(16-10-12-26-56)48(49(43)51)44-30-41(23-24-46(44)62-51)61-40-22-17-34(2)35(3)28-40/h5-8,13-14,17-24,28-30,38,42,47-49,55-56H,1,9-12,15-16,25-27,31-33H2,2-4H3/t38-,42+,47-,48+,49+,51+/m0/s1. The Morgan fingerprint density at radius 2 is 1.65 bits per heavy atom. The van der Waals surface area contributed by atoms with Crippen LogP contribution in [0.1, 0.15) is 78.7 Å². The molecule has 1 fully saturated rings. The van der Waals surface area contributed by atoms with Crippen molar-refractivity contribution in [3.8, 4) is 17.2 Å². The molecule has 7 rings (SSSR count). The fourth-order valence-corrected chi connectivity index (χ4v) is 9.59. The molecule has 0 radical (unpaired) electrons. The second-order valence-corrected chi connectivity index (χ2v) is 16.6. The number of aliphatic hydroxyl groups excluding tert-OH is 2. The summed E-state index contributed by atoms with van der Waals surface area (Å²) in [5.74, 6) is -0.622. The Morgan fingerprint density at radius 3 is 2.35 bits per heavy atom. The number of allylic oxidation sites excluding steroid dienone is 1. The first-order valence-corrected chi connectivity index (χ1v) is 21.8. The third kappa shape index (κ3) is 9.75. The van der Waals surface area contributed by atoms with Crippen LogP contribution < -0.4 is 9.47 Å². The molecule has 1 saturated carbocycles. The average molecular weight is 847 g/mol. The van der Waals surface area contributed by atoms with Crippen LogP contribution in [0.3, 0.4) is 0 Å². The van der Waals surface area contributed by atoms with Crippen molar-refractivity contribution in [3.63, 3.8) is 0 Å². The van der Waals surface area contributed by atoms with E-state index >= 15 is 0 Å². The van der Waals surface area contributed by atoms with Crippen LogP contribution in [-0.2, 0) is 27.5 Å². The summed E-state index contributed by atoms with van der Waals surface area (Å²) in [7, 11) is 1.34. The molecule has 4 aromatic rings. The number of methoxy groups -OCH3 is 1. The lowest BCUT2D eigenvalue weighted by Gasteiger charge is -2.59. The summed E-state index contributed by atoms with van der Waals surface area (Å²) in [6, 6.07) is 27.0. The Labute approximate surface area is 364 Å². The van der Waals surface area contributed by atoms with E-state index in [1.54, 1.807) is 23.1 Å². The number of oxime groups is 1. The number of carbonyl (C=O) groups excluding carboxylic acids is 1. The monoisotopic (exact) mass is 846 g/mol. The maximum absolute atomic E-state index is 14.2. The van der Waals surface area contributed by atoms with Crippen molar-refractivity contribution >= 4 is 11.8 Å². The fraction of sp³-hybridized carbons (Fsp3) is 0.412. The van der Waals surface area contributed by atoms with Gasteiger partial charge in [-0.25, -0.2) is 9.18 Å². The summed E-state index contributed by atoms with van der Waals surface area (Å²) in [6.45, 7) is 8.72. The quantitative estimate of drug-likeness (QED) is 0.0544. The van der Waals surface area contributed by atoms with Gasteiger partial charge in [-0.3, -0.25) is 4.90 Å². The van der Waals surface area contributed by atoms with Crippen molar-refractivity contribution < 1.29 is 43.2 Å². The average Bonchev–Trinajstić information content (AvgIpc) is 3.28. The molecule has 0 bridgehead atoms. The summed E-state index contributed by atoms with van der Waals surface area (Å²) in [5.41, 5.74) is 6.43. The normalized spacial score (nSPS) is 23.0. The molecule has 6 atom stereocenters. The minimum atomic E-state index is -1.49. The maximum Gasteiger partial charge on any atom is 0.410 e. The predicted molar refractivity (Wildman–Crippen MR) is 237 cm³/mol. The summed E-state index contributed by atoms with van der Waals surface area (Å²) < 4.78 is 40.7. The number of fused-ring (bicyclic) bond motifs is 2. The molecule has 0 saturated heterocycles. The van der Waals surface area contributed by atoms with Gasteiger partial charge in [-0.1, -0.05) is 78.7 Å². The third-order valence-electron chi connectivity index (χ3n) is 12.7. The number of aliphatic hydroxyl groups is 2. The Morgan fingerprint density at radius 1 is 0.919 bits per heavy atom. The van der Waals surface area contributed by atoms with Crippen molar-refractivity contribution in [3.05, 3.63) is 149 Å². The molecule has 328 valence electrons. The van der Waals surface area contributed by atoms with Crippen molar-refractivity contribution in [1.82, 2.24) is 4.90 Å². The van der Waals surface area contributed by atoms with E-state index in [0.717, 1.165) is 53.7 Å². The van der Waals surface area contributed by atoms with Gasteiger partial charge in [0.1, 0.15) is 35.7 Å². The number of aryl methyl sites for hydroxylation is 2. The number of hydrogen-bond acceptors (Lipinski definition) is 9. The fourth-order valence-electron chi connectivity index (χ4n) is 9.59. The lowest BCUT2D eigenvalue weighted by atomic mass is 9.55. The van der Waals surface area contributed by atoms with Crippen molar-refractivity contribution in [2.45, 2.75) is 89.7 Å². The van der Waals surface area contributed by atoms with Gasteiger partial charge in [-0.2, -0.15) is 0 Å². The molecule has 11 heteroatoms. The first kappa shape index (κ1) is 44.6. The minimum Gasteiger partial charge on any atom is -0.459 e. The lowest BCUT2D eigenvalue weighted by molar-refractivity contribution is -0.256. The molecule has 0 spiro atoms. The van der Waals surface area contributed by atoms with Crippen LogP contribution in [0.4, 0.5) is 9.18 Å². The maximum atomic E-state index is 14.2. The highest BCUT2D eigenvalue weighted by atomic mass is 19.1. The molecule has 4 aromatic carbocycles. The van der Waals surface area contributed by atoms with Gasteiger partial charge in [0, 0.05) is 37.7 Å². The number of hydrogen-bond donors (Lipinski definition) is 2. The predicted octanol–water partition coefficient (Wildman–Crippen LogP) is 10.3. The van der Waals surface area contributed by atoms with E-state index < -0.39 is 23.8 Å². The summed E-state index contributed by atoms with van der Waals surface area (Å²) in [4.78, 5) is 22.0. The van der Waals surface area contributed by atoms with Crippen LogP contribution >= 0.6 is 0 Å². The highest BCUT2D eigenvalue weighted by Crippen LogP contribution is 2.62. The molecular weight excluding hydrogens is 788 g/mol. The summed E-state index contributed by atoms with van der Waals surface area (Å²) >= 11 is 0. The van der Waals surface area contributed by atoms with Crippen LogP contribution in [0.5, 0.6) is 17.2 Å². The molecule has 10 nitrogen and oxygen atoms in total. The van der Waals surface area contributed by atoms with E-state index in [1.165, 1.54) is 24.8 Å². The summed E-state index contributed by atoms with van der Waals surface area (Å²) in [5, 5.41) is 24.8. The number of nitrogens with zero attached hydrogens (tertiary/aromatic N) is 2.